The topological polar surface area (TPSA) is 25.4 Å². The number of halogens is 4. The molecule has 0 saturated carbocycles. The molecule has 0 amide bonds. The number of pyridine rings is 1. The largest absolute Gasteiger partial charge is 0.481 e. The van der Waals surface area contributed by atoms with Crippen LogP contribution in [0.4, 0.5) is 18.9 Å². The third-order valence-corrected chi connectivity index (χ3v) is 4.42. The molecule has 7 heteroatoms. The fourth-order valence-electron chi connectivity index (χ4n) is 2.63. The monoisotopic (exact) mass is 374 g/mol. The van der Waals surface area contributed by atoms with Gasteiger partial charge >= 0.3 is 0 Å². The van der Waals surface area contributed by atoms with Gasteiger partial charge in [-0.3, -0.25) is 0 Å². The first-order valence-electron chi connectivity index (χ1n) is 6.87. The maximum Gasteiger partial charge on any atom is 0.251 e. The Kier molecular flexibility index (Phi) is 3.92. The van der Waals surface area contributed by atoms with E-state index in [-0.39, 0.29) is 31.6 Å². The Balaban J connectivity index is 2.12. The highest BCUT2D eigenvalue weighted by Gasteiger charge is 2.35. The van der Waals surface area contributed by atoms with Crippen LogP contribution in [0, 0.1) is 5.82 Å². The average molecular weight is 375 g/mol. The van der Waals surface area contributed by atoms with Gasteiger partial charge in [-0.2, -0.15) is 0 Å². The third kappa shape index (κ3) is 2.74. The van der Waals surface area contributed by atoms with Crippen molar-refractivity contribution in [3.63, 3.8) is 0 Å². The minimum absolute atomic E-state index is 0.0916. The van der Waals surface area contributed by atoms with E-state index in [2.05, 4.69) is 20.9 Å². The van der Waals surface area contributed by atoms with Crippen LogP contribution in [-0.4, -0.2) is 31.1 Å². The molecule has 1 aliphatic rings. The maximum atomic E-state index is 14.6. The number of benzene rings is 1. The second kappa shape index (κ2) is 5.61. The molecule has 22 heavy (non-hydrogen) atoms. The van der Waals surface area contributed by atoms with Gasteiger partial charge in [-0.25, -0.2) is 18.2 Å². The molecule has 3 nitrogen and oxygen atoms in total. The first-order valence-corrected chi connectivity index (χ1v) is 7.66. The predicted molar refractivity (Wildman–Crippen MR) is 82.3 cm³/mol. The lowest BCUT2D eigenvalue weighted by atomic mass is 10.0. The quantitative estimate of drug-likeness (QED) is 0.779. The molecule has 0 unspecified atom stereocenters. The predicted octanol–water partition coefficient (Wildman–Crippen LogP) is 4.38. The van der Waals surface area contributed by atoms with Gasteiger partial charge in [0.1, 0.15) is 11.2 Å². The van der Waals surface area contributed by atoms with E-state index in [9.17, 15) is 13.2 Å². The number of hydrogen-bond donors (Lipinski definition) is 0. The van der Waals surface area contributed by atoms with Crippen molar-refractivity contribution >= 4 is 32.5 Å². The molecule has 1 fully saturated rings. The lowest BCUT2D eigenvalue weighted by Crippen LogP contribution is -2.40. The van der Waals surface area contributed by atoms with Gasteiger partial charge in [-0.1, -0.05) is 0 Å². The van der Waals surface area contributed by atoms with Gasteiger partial charge in [-0.15, -0.1) is 0 Å². The zero-order valence-corrected chi connectivity index (χ0v) is 13.5. The van der Waals surface area contributed by atoms with E-state index in [0.29, 0.717) is 15.9 Å². The van der Waals surface area contributed by atoms with E-state index >= 15 is 0 Å². The van der Waals surface area contributed by atoms with Crippen LogP contribution in [0.25, 0.3) is 10.9 Å². The van der Waals surface area contributed by atoms with Crippen LogP contribution in [0.2, 0.25) is 0 Å². The van der Waals surface area contributed by atoms with Crippen molar-refractivity contribution in [1.29, 1.82) is 0 Å². The molecular formula is C15H14BrF3N2O. The second-order valence-corrected chi connectivity index (χ2v) is 6.14. The van der Waals surface area contributed by atoms with Gasteiger partial charge in [0.05, 0.1) is 11.6 Å². The van der Waals surface area contributed by atoms with Crippen molar-refractivity contribution in [1.82, 2.24) is 4.98 Å². The van der Waals surface area contributed by atoms with Crippen LogP contribution in [-0.2, 0) is 0 Å². The van der Waals surface area contributed by atoms with Crippen LogP contribution in [0.3, 0.4) is 0 Å². The van der Waals surface area contributed by atoms with E-state index < -0.39 is 11.7 Å². The van der Waals surface area contributed by atoms with Crippen molar-refractivity contribution in [3.8, 4) is 5.88 Å². The summed E-state index contributed by atoms with van der Waals surface area (Å²) >= 11 is 3.18. The highest BCUT2D eigenvalue weighted by molar-refractivity contribution is 9.10. The van der Waals surface area contributed by atoms with Crippen molar-refractivity contribution in [3.05, 3.63) is 28.5 Å². The van der Waals surface area contributed by atoms with Gasteiger partial charge in [0.15, 0.2) is 5.82 Å². The van der Waals surface area contributed by atoms with E-state index in [1.807, 2.05) is 0 Å². The molecule has 0 aliphatic carbocycles. The number of anilines is 1. The molecule has 118 valence electrons. The SMILES string of the molecule is COc1ccc2cc(Br)c(F)c(N3CCC(F)(F)CC3)c2n1. The first-order chi connectivity index (χ1) is 10.4. The van der Waals surface area contributed by atoms with Gasteiger partial charge in [0.2, 0.25) is 5.88 Å². The average Bonchev–Trinajstić information content (AvgIpc) is 2.49. The Morgan fingerprint density at radius 1 is 1.27 bits per heavy atom. The number of methoxy groups -OCH3 is 1. The lowest BCUT2D eigenvalue weighted by molar-refractivity contribution is -0.0221. The summed E-state index contributed by atoms with van der Waals surface area (Å²) in [5.41, 5.74) is 0.670. The minimum atomic E-state index is -2.68. The number of fused-ring (bicyclic) bond motifs is 1. The molecule has 2 heterocycles. The Morgan fingerprint density at radius 3 is 2.59 bits per heavy atom. The van der Waals surface area contributed by atoms with Crippen LogP contribution in [0.1, 0.15) is 12.8 Å². The van der Waals surface area contributed by atoms with Crippen LogP contribution in [0.5, 0.6) is 5.88 Å². The number of hydrogen-bond acceptors (Lipinski definition) is 3. The summed E-state index contributed by atoms with van der Waals surface area (Å²) in [7, 11) is 1.48. The van der Waals surface area contributed by atoms with Crippen molar-refractivity contribution in [2.24, 2.45) is 0 Å². The summed E-state index contributed by atoms with van der Waals surface area (Å²) in [6.07, 6.45) is -0.575. The van der Waals surface area contributed by atoms with E-state index in [1.54, 1.807) is 23.1 Å². The first kappa shape index (κ1) is 15.4. The Labute approximate surface area is 134 Å². The summed E-state index contributed by atoms with van der Waals surface area (Å²) in [5, 5.41) is 0.724. The Hall–Kier alpha value is -1.50. The minimum Gasteiger partial charge on any atom is -0.481 e. The smallest absolute Gasteiger partial charge is 0.251 e. The van der Waals surface area contributed by atoms with E-state index in [4.69, 9.17) is 4.74 Å². The molecule has 0 atom stereocenters. The third-order valence-electron chi connectivity index (χ3n) is 3.85. The standard InChI is InChI=1S/C15H14BrF3N2O/c1-22-11-3-2-9-8-10(16)12(17)14(13(9)20-11)21-6-4-15(18,19)5-7-21/h2-3,8H,4-7H2,1H3. The van der Waals surface area contributed by atoms with Gasteiger partial charge in [-0.05, 0) is 28.1 Å². The highest BCUT2D eigenvalue weighted by Crippen LogP contribution is 2.38. The van der Waals surface area contributed by atoms with Crippen molar-refractivity contribution in [2.45, 2.75) is 18.8 Å². The summed E-state index contributed by atoms with van der Waals surface area (Å²) < 4.78 is 46.6. The number of piperidine rings is 1. The summed E-state index contributed by atoms with van der Waals surface area (Å²) in [6.45, 7) is 0.183. The molecule has 1 aliphatic heterocycles. The van der Waals surface area contributed by atoms with Gasteiger partial charge in [0.25, 0.3) is 5.92 Å². The Bertz CT molecular complexity index is 713. The molecule has 1 aromatic heterocycles. The number of rotatable bonds is 2. The zero-order valence-electron chi connectivity index (χ0n) is 11.9. The van der Waals surface area contributed by atoms with Crippen LogP contribution in [0.15, 0.2) is 22.7 Å². The Morgan fingerprint density at radius 2 is 1.95 bits per heavy atom. The molecule has 1 saturated heterocycles. The van der Waals surface area contributed by atoms with Gasteiger partial charge in [0, 0.05) is 37.4 Å². The fourth-order valence-corrected chi connectivity index (χ4v) is 3.07. The summed E-state index contributed by atoms with van der Waals surface area (Å²) in [5.74, 6) is -2.81. The number of ether oxygens (including phenoxy) is 1. The molecule has 1 aromatic carbocycles. The number of nitrogens with zero attached hydrogens (tertiary/aromatic N) is 2. The molecule has 0 bridgehead atoms. The molecule has 0 spiro atoms. The molecule has 0 N–H and O–H groups in total. The fraction of sp³-hybridized carbons (Fsp3) is 0.400. The normalized spacial score (nSPS) is 17.8. The lowest BCUT2D eigenvalue weighted by Gasteiger charge is -2.34. The molecule has 3 rings (SSSR count). The molecule has 0 radical (unpaired) electrons. The maximum absolute atomic E-state index is 14.6. The highest BCUT2D eigenvalue weighted by atomic mass is 79.9. The zero-order chi connectivity index (χ0) is 15.9. The van der Waals surface area contributed by atoms with E-state index in [0.717, 1.165) is 5.39 Å². The molecule has 2 aromatic rings. The summed E-state index contributed by atoms with van der Waals surface area (Å²) in [4.78, 5) is 5.93. The second-order valence-electron chi connectivity index (χ2n) is 5.29. The number of aromatic nitrogens is 1. The number of alkyl halides is 2. The van der Waals surface area contributed by atoms with E-state index in [1.165, 1.54) is 7.11 Å². The van der Waals surface area contributed by atoms with Crippen LogP contribution < -0.4 is 9.64 Å². The van der Waals surface area contributed by atoms with Gasteiger partial charge < -0.3 is 9.64 Å². The van der Waals surface area contributed by atoms with Crippen molar-refractivity contribution in [2.75, 3.05) is 25.1 Å². The van der Waals surface area contributed by atoms with Crippen molar-refractivity contribution < 1.29 is 17.9 Å². The van der Waals surface area contributed by atoms with Crippen LogP contribution >= 0.6 is 15.9 Å². The summed E-state index contributed by atoms with van der Waals surface area (Å²) in [6, 6.07) is 5.08. The molecular weight excluding hydrogens is 361 g/mol.